The molecule has 0 heterocycles. The van der Waals surface area contributed by atoms with Crippen molar-refractivity contribution in [2.24, 2.45) is 5.73 Å². The van der Waals surface area contributed by atoms with Crippen molar-refractivity contribution in [3.8, 4) is 0 Å². The van der Waals surface area contributed by atoms with Crippen LogP contribution < -0.4 is 5.73 Å². The molecular weight excluding hydrogens is 201 g/mol. The van der Waals surface area contributed by atoms with E-state index in [4.69, 9.17) is 5.73 Å². The van der Waals surface area contributed by atoms with Gasteiger partial charge in [-0.15, -0.1) is 0 Å². The minimum absolute atomic E-state index is 0.106. The van der Waals surface area contributed by atoms with Gasteiger partial charge in [0.1, 0.15) is 5.66 Å². The number of allylic oxidation sites excluding steroid dienone is 2. The first kappa shape index (κ1) is 11.8. The lowest BCUT2D eigenvalue weighted by atomic mass is 10.1. The molecule has 0 saturated heterocycles. The Morgan fingerprint density at radius 3 is 2.71 bits per heavy atom. The van der Waals surface area contributed by atoms with Crippen molar-refractivity contribution in [3.05, 3.63) is 12.2 Å². The van der Waals surface area contributed by atoms with Crippen molar-refractivity contribution >= 4 is 13.5 Å². The quantitative estimate of drug-likeness (QED) is 0.472. The third kappa shape index (κ3) is 3.14. The molecule has 1 aliphatic carbocycles. The third-order valence-corrected chi connectivity index (χ3v) is 4.92. The Kier molecular flexibility index (Phi) is 4.20. The summed E-state index contributed by atoms with van der Waals surface area (Å²) in [6, 6.07) is 0. The first-order valence-corrected chi connectivity index (χ1v) is 6.71. The van der Waals surface area contributed by atoms with E-state index in [0.29, 0.717) is 6.42 Å². The number of Topliss-reactive ketones (excluding diaryl/α,β-unsaturated/α-hetero) is 1. The van der Waals surface area contributed by atoms with Crippen molar-refractivity contribution < 1.29 is 14.6 Å². The maximum absolute atomic E-state index is 11.0. The van der Waals surface area contributed by atoms with Crippen LogP contribution in [0.2, 0.25) is 0 Å². The predicted octanol–water partition coefficient (Wildman–Crippen LogP) is 0.455. The number of nitrogens with two attached hydrogens (primary N) is 1. The lowest BCUT2D eigenvalue weighted by Crippen LogP contribution is -2.25. The van der Waals surface area contributed by atoms with Crippen LogP contribution in [-0.2, 0) is 4.79 Å². The molecule has 4 N–H and O–H groups in total. The normalized spacial score (nSPS) is 22.4. The van der Waals surface area contributed by atoms with E-state index in [1.165, 1.54) is 0 Å². The number of hydrogen-bond donors (Lipinski definition) is 3. The summed E-state index contributed by atoms with van der Waals surface area (Å²) < 4.78 is 0. The van der Waals surface area contributed by atoms with Crippen LogP contribution in [0.1, 0.15) is 19.3 Å². The molecule has 0 radical (unpaired) electrons. The Morgan fingerprint density at radius 1 is 1.50 bits per heavy atom. The van der Waals surface area contributed by atoms with Crippen LogP contribution >= 0.6 is 7.72 Å². The van der Waals surface area contributed by atoms with Gasteiger partial charge in [0.25, 0.3) is 7.72 Å². The van der Waals surface area contributed by atoms with Crippen molar-refractivity contribution in [3.63, 3.8) is 0 Å². The molecule has 0 amide bonds. The van der Waals surface area contributed by atoms with Crippen LogP contribution in [0.4, 0.5) is 0 Å². The molecule has 1 rings (SSSR count). The average molecular weight is 218 g/mol. The van der Waals surface area contributed by atoms with Crippen molar-refractivity contribution in [1.82, 2.24) is 0 Å². The SMILES string of the molecule is NCC(=O)C[P+](O)(O)C1CC=CCC1. The molecule has 1 aliphatic rings. The lowest BCUT2D eigenvalue weighted by molar-refractivity contribution is -0.115. The van der Waals surface area contributed by atoms with E-state index in [1.54, 1.807) is 0 Å². The summed E-state index contributed by atoms with van der Waals surface area (Å²) in [5.41, 5.74) is 5.00. The summed E-state index contributed by atoms with van der Waals surface area (Å²) in [4.78, 5) is 30.6. The third-order valence-electron chi connectivity index (χ3n) is 2.46. The Hall–Kier alpha value is -0.280. The van der Waals surface area contributed by atoms with Gasteiger partial charge in [-0.2, -0.15) is 0 Å². The minimum atomic E-state index is -3.07. The highest BCUT2D eigenvalue weighted by molar-refractivity contribution is 7.66. The fraction of sp³-hybridized carbons (Fsp3) is 0.667. The van der Waals surface area contributed by atoms with Crippen LogP contribution in [0.25, 0.3) is 0 Å². The van der Waals surface area contributed by atoms with Crippen LogP contribution in [0, 0.1) is 0 Å². The molecule has 0 aromatic heterocycles. The van der Waals surface area contributed by atoms with Crippen molar-refractivity contribution in [1.29, 1.82) is 0 Å². The van der Waals surface area contributed by atoms with Crippen LogP contribution in [0.15, 0.2) is 12.2 Å². The number of rotatable bonds is 4. The number of carbonyl (C=O) groups is 1. The van der Waals surface area contributed by atoms with E-state index in [0.717, 1.165) is 12.8 Å². The van der Waals surface area contributed by atoms with Gasteiger partial charge in [0, 0.05) is 6.42 Å². The maximum atomic E-state index is 11.0. The van der Waals surface area contributed by atoms with E-state index >= 15 is 0 Å². The second kappa shape index (κ2) is 4.99. The first-order valence-electron chi connectivity index (χ1n) is 4.76. The van der Waals surface area contributed by atoms with Gasteiger partial charge in [-0.3, -0.25) is 4.79 Å². The molecule has 14 heavy (non-hydrogen) atoms. The second-order valence-corrected chi connectivity index (χ2v) is 6.24. The molecule has 0 bridgehead atoms. The molecule has 1 unspecified atom stereocenters. The number of ketones is 1. The van der Waals surface area contributed by atoms with Crippen LogP contribution in [0.5, 0.6) is 0 Å². The summed E-state index contributed by atoms with van der Waals surface area (Å²) >= 11 is 0. The largest absolute Gasteiger partial charge is 0.324 e. The fourth-order valence-electron chi connectivity index (χ4n) is 1.61. The zero-order valence-electron chi connectivity index (χ0n) is 8.09. The van der Waals surface area contributed by atoms with Gasteiger partial charge in [-0.05, 0) is 12.8 Å². The highest BCUT2D eigenvalue weighted by atomic mass is 31.2. The van der Waals surface area contributed by atoms with E-state index in [-0.39, 0.29) is 24.1 Å². The highest BCUT2D eigenvalue weighted by Gasteiger charge is 2.44. The first-order chi connectivity index (χ1) is 6.56. The molecule has 0 aliphatic heterocycles. The molecule has 0 fully saturated rings. The maximum Gasteiger partial charge on any atom is 0.278 e. The monoisotopic (exact) mass is 218 g/mol. The number of hydrogen-bond acceptors (Lipinski definition) is 4. The number of carbonyl (C=O) groups excluding carboxylic acids is 1. The zero-order valence-corrected chi connectivity index (χ0v) is 8.99. The van der Waals surface area contributed by atoms with Crippen molar-refractivity contribution in [2.45, 2.75) is 24.9 Å². The Morgan fingerprint density at radius 2 is 2.21 bits per heavy atom. The zero-order chi connectivity index (χ0) is 10.6. The van der Waals surface area contributed by atoms with Gasteiger partial charge < -0.3 is 5.73 Å². The smallest absolute Gasteiger partial charge is 0.278 e. The summed E-state index contributed by atoms with van der Waals surface area (Å²) in [5.74, 6) is -0.266. The van der Waals surface area contributed by atoms with E-state index < -0.39 is 7.72 Å². The Labute approximate surface area is 84.3 Å². The van der Waals surface area contributed by atoms with E-state index in [9.17, 15) is 14.6 Å². The molecule has 0 spiro atoms. The molecule has 0 saturated carbocycles. The van der Waals surface area contributed by atoms with Gasteiger partial charge in [-0.25, -0.2) is 9.79 Å². The predicted molar refractivity (Wildman–Crippen MR) is 57.1 cm³/mol. The van der Waals surface area contributed by atoms with Gasteiger partial charge >= 0.3 is 0 Å². The molecule has 1 atom stereocenters. The summed E-state index contributed by atoms with van der Waals surface area (Å²) in [7, 11) is -3.07. The summed E-state index contributed by atoms with van der Waals surface area (Å²) in [6.45, 7) is -0.106. The standard InChI is InChI=1S/C9H17NO3P/c10-6-8(11)7-14(12,13)9-4-2-1-3-5-9/h1-2,9,12-13H,3-7,10H2/q+1. The molecule has 4 nitrogen and oxygen atoms in total. The highest BCUT2D eigenvalue weighted by Crippen LogP contribution is 2.58. The molecule has 0 aromatic carbocycles. The molecule has 80 valence electrons. The average Bonchev–Trinajstić information content (AvgIpc) is 2.18. The van der Waals surface area contributed by atoms with E-state index in [2.05, 4.69) is 0 Å². The molecule has 0 aromatic rings. The Bertz CT molecular complexity index is 240. The summed E-state index contributed by atoms with van der Waals surface area (Å²) in [5, 5.41) is 0. The molecule has 5 heteroatoms. The summed E-state index contributed by atoms with van der Waals surface area (Å²) in [6.07, 6.45) is 6.11. The Balaban J connectivity index is 2.54. The van der Waals surface area contributed by atoms with Gasteiger partial charge in [0.15, 0.2) is 11.9 Å². The molecular formula is C9H17NO3P+. The van der Waals surface area contributed by atoms with Gasteiger partial charge in [0.2, 0.25) is 0 Å². The van der Waals surface area contributed by atoms with Gasteiger partial charge in [-0.1, -0.05) is 12.2 Å². The second-order valence-electron chi connectivity index (χ2n) is 3.62. The van der Waals surface area contributed by atoms with E-state index in [1.807, 2.05) is 12.2 Å². The van der Waals surface area contributed by atoms with Crippen molar-refractivity contribution in [2.75, 3.05) is 12.7 Å². The van der Waals surface area contributed by atoms with Crippen LogP contribution in [-0.4, -0.2) is 33.9 Å². The van der Waals surface area contributed by atoms with Gasteiger partial charge in [0.05, 0.1) is 6.54 Å². The topological polar surface area (TPSA) is 83.6 Å². The lowest BCUT2D eigenvalue weighted by Gasteiger charge is -2.22. The van der Waals surface area contributed by atoms with Crippen LogP contribution in [0.3, 0.4) is 0 Å². The minimum Gasteiger partial charge on any atom is -0.324 e. The fourth-order valence-corrected chi connectivity index (χ4v) is 3.53.